The van der Waals surface area contributed by atoms with Crippen molar-refractivity contribution in [1.29, 1.82) is 0 Å². The number of hydrogen-bond acceptors (Lipinski definition) is 6. The third kappa shape index (κ3) is 6.62. The van der Waals surface area contributed by atoms with Crippen LogP contribution in [0.5, 0.6) is 5.75 Å². The predicted octanol–water partition coefficient (Wildman–Crippen LogP) is 4.66. The van der Waals surface area contributed by atoms with E-state index in [1.54, 1.807) is 0 Å². The number of esters is 1. The van der Waals surface area contributed by atoms with Crippen LogP contribution >= 0.6 is 0 Å². The Morgan fingerprint density at radius 3 is 2.42 bits per heavy atom. The number of carbonyl (C=O) groups is 1. The summed E-state index contributed by atoms with van der Waals surface area (Å²) in [4.78, 5) is 32.8. The summed E-state index contributed by atoms with van der Waals surface area (Å²) in [6.07, 6.45) is 6.53. The van der Waals surface area contributed by atoms with Crippen molar-refractivity contribution in [2.45, 2.75) is 52.4 Å². The summed E-state index contributed by atoms with van der Waals surface area (Å²) in [5.74, 6) is -1.25. The van der Waals surface area contributed by atoms with Gasteiger partial charge >= 0.3 is 17.4 Å². The van der Waals surface area contributed by atoms with Crippen molar-refractivity contribution in [3.63, 3.8) is 0 Å². The molecule has 0 saturated heterocycles. The van der Waals surface area contributed by atoms with Crippen LogP contribution in [0.1, 0.15) is 52.4 Å². The van der Waals surface area contributed by atoms with Gasteiger partial charge in [0.25, 0.3) is 0 Å². The number of para-hydroxylation sites is 2. The molecule has 0 fully saturated rings. The molecule has 0 aliphatic carbocycles. The lowest BCUT2D eigenvalue weighted by atomic mass is 9.93. The first-order valence-corrected chi connectivity index (χ1v) is 8.70. The number of rotatable bonds is 11. The normalized spacial score (nSPS) is 12.5. The number of carbonyl (C=O) groups excluding carboxylic acids is 1. The molecule has 0 N–H and O–H groups in total. The topological polar surface area (TPSA) is 113 Å². The molecule has 0 aliphatic rings. The third-order valence-electron chi connectivity index (χ3n) is 3.98. The maximum atomic E-state index is 12.2. The Hall–Kier alpha value is -2.77. The second kappa shape index (κ2) is 11.0. The molecule has 1 aromatic carbocycles. The van der Waals surface area contributed by atoms with Crippen LogP contribution in [0.15, 0.2) is 36.0 Å². The smallest absolute Gasteiger partial charge is 0.411 e. The molecule has 0 spiro atoms. The van der Waals surface area contributed by atoms with Gasteiger partial charge in [-0.15, -0.1) is 0 Å². The van der Waals surface area contributed by atoms with E-state index < -0.39 is 27.2 Å². The van der Waals surface area contributed by atoms with Crippen molar-refractivity contribution in [2.75, 3.05) is 0 Å². The van der Waals surface area contributed by atoms with E-state index in [0.717, 1.165) is 32.1 Å². The molecule has 1 atom stereocenters. The maximum absolute atomic E-state index is 12.2. The standard InChI is InChI=1S/C18H24N2O6/c1-3-5-9-14(8-4-2)12-13-16(20(24)25)18(21)26-17-11-7-6-10-15(17)19(22)23/h6-7,10-11,13-14H,3-5,8-9,12H2,1-2H3. The molecule has 1 aromatic rings. The first kappa shape index (κ1) is 21.3. The molecule has 8 heteroatoms. The predicted molar refractivity (Wildman–Crippen MR) is 96.3 cm³/mol. The van der Waals surface area contributed by atoms with E-state index in [9.17, 15) is 25.0 Å². The summed E-state index contributed by atoms with van der Waals surface area (Å²) in [5, 5.41) is 22.2. The van der Waals surface area contributed by atoms with Crippen molar-refractivity contribution in [1.82, 2.24) is 0 Å². The van der Waals surface area contributed by atoms with Gasteiger partial charge in [-0.05, 0) is 18.4 Å². The number of nitrogens with zero attached hydrogens (tertiary/aromatic N) is 2. The Morgan fingerprint density at radius 2 is 1.85 bits per heavy atom. The molecule has 0 saturated carbocycles. The SMILES string of the molecule is CCCCC(CC=C(C(=O)Oc1ccccc1[N+](=O)[O-])[N+](=O)[O-])CCC. The summed E-state index contributed by atoms with van der Waals surface area (Å²) >= 11 is 0. The third-order valence-corrected chi connectivity index (χ3v) is 3.98. The monoisotopic (exact) mass is 364 g/mol. The van der Waals surface area contributed by atoms with Crippen LogP contribution in [0.2, 0.25) is 0 Å². The highest BCUT2D eigenvalue weighted by Gasteiger charge is 2.27. The number of benzene rings is 1. The van der Waals surface area contributed by atoms with Gasteiger partial charge in [0, 0.05) is 12.1 Å². The molecule has 0 amide bonds. The molecule has 0 radical (unpaired) electrons. The Labute approximate surface area is 152 Å². The second-order valence-electron chi connectivity index (χ2n) is 5.99. The molecule has 0 aliphatic heterocycles. The van der Waals surface area contributed by atoms with Gasteiger partial charge < -0.3 is 4.74 Å². The number of nitro groups is 2. The van der Waals surface area contributed by atoms with Crippen molar-refractivity contribution >= 4 is 11.7 Å². The molecule has 1 rings (SSSR count). The van der Waals surface area contributed by atoms with Crippen LogP contribution in [-0.4, -0.2) is 15.8 Å². The first-order valence-electron chi connectivity index (χ1n) is 8.70. The molecule has 0 bridgehead atoms. The Kier molecular flexibility index (Phi) is 8.97. The van der Waals surface area contributed by atoms with Crippen LogP contribution in [-0.2, 0) is 4.79 Å². The van der Waals surface area contributed by atoms with Gasteiger partial charge in [-0.2, -0.15) is 0 Å². The van der Waals surface area contributed by atoms with Gasteiger partial charge in [0.1, 0.15) is 0 Å². The number of hydrogen-bond donors (Lipinski definition) is 0. The van der Waals surface area contributed by atoms with Gasteiger partial charge in [-0.25, -0.2) is 4.79 Å². The van der Waals surface area contributed by atoms with E-state index in [2.05, 4.69) is 6.92 Å². The van der Waals surface area contributed by atoms with Crippen LogP contribution in [0, 0.1) is 26.1 Å². The molecular weight excluding hydrogens is 340 g/mol. The summed E-state index contributed by atoms with van der Waals surface area (Å²) in [6, 6.07) is 5.27. The minimum atomic E-state index is -1.20. The van der Waals surface area contributed by atoms with Gasteiger partial charge in [-0.1, -0.05) is 58.1 Å². The lowest BCUT2D eigenvalue weighted by Gasteiger charge is -2.13. The van der Waals surface area contributed by atoms with Crippen LogP contribution < -0.4 is 4.74 Å². The fourth-order valence-corrected chi connectivity index (χ4v) is 2.64. The minimum absolute atomic E-state index is 0.258. The summed E-state index contributed by atoms with van der Waals surface area (Å²) in [5.41, 5.74) is -1.11. The van der Waals surface area contributed by atoms with E-state index in [0.29, 0.717) is 6.42 Å². The number of nitro benzene ring substituents is 1. The zero-order valence-corrected chi connectivity index (χ0v) is 15.1. The van der Waals surface area contributed by atoms with Gasteiger partial charge in [0.15, 0.2) is 0 Å². The maximum Gasteiger partial charge on any atom is 0.415 e. The number of unbranched alkanes of at least 4 members (excludes halogenated alkanes) is 1. The number of allylic oxidation sites excluding steroid dienone is 1. The van der Waals surface area contributed by atoms with E-state index >= 15 is 0 Å². The van der Waals surface area contributed by atoms with Crippen LogP contribution in [0.3, 0.4) is 0 Å². The van der Waals surface area contributed by atoms with Gasteiger partial charge in [-0.3, -0.25) is 20.2 Å². The molecule has 8 nitrogen and oxygen atoms in total. The van der Waals surface area contributed by atoms with Crippen molar-refractivity contribution in [3.8, 4) is 5.75 Å². The molecule has 142 valence electrons. The fraction of sp³-hybridized carbons (Fsp3) is 0.500. The quantitative estimate of drug-likeness (QED) is 0.185. The van der Waals surface area contributed by atoms with Crippen molar-refractivity contribution < 1.29 is 19.4 Å². The molecular formula is C18H24N2O6. The lowest BCUT2D eigenvalue weighted by Crippen LogP contribution is -2.18. The van der Waals surface area contributed by atoms with Crippen molar-refractivity contribution in [2.24, 2.45) is 5.92 Å². The van der Waals surface area contributed by atoms with E-state index in [4.69, 9.17) is 4.74 Å². The first-order chi connectivity index (χ1) is 12.4. The molecule has 26 heavy (non-hydrogen) atoms. The van der Waals surface area contributed by atoms with E-state index in [1.807, 2.05) is 6.92 Å². The van der Waals surface area contributed by atoms with E-state index in [1.165, 1.54) is 30.3 Å². The summed E-state index contributed by atoms with van der Waals surface area (Å²) in [6.45, 7) is 4.12. The zero-order chi connectivity index (χ0) is 19.5. The summed E-state index contributed by atoms with van der Waals surface area (Å²) < 4.78 is 4.91. The largest absolute Gasteiger partial charge is 0.415 e. The van der Waals surface area contributed by atoms with Gasteiger partial charge in [0.05, 0.1) is 9.85 Å². The van der Waals surface area contributed by atoms with Crippen LogP contribution in [0.25, 0.3) is 0 Å². The Bertz CT molecular complexity index is 671. The van der Waals surface area contributed by atoms with E-state index in [-0.39, 0.29) is 11.7 Å². The Balaban J connectivity index is 2.93. The minimum Gasteiger partial charge on any atom is -0.411 e. The second-order valence-corrected chi connectivity index (χ2v) is 5.99. The van der Waals surface area contributed by atoms with Crippen molar-refractivity contribution in [3.05, 3.63) is 56.3 Å². The highest BCUT2D eigenvalue weighted by molar-refractivity contribution is 5.88. The average Bonchev–Trinajstić information content (AvgIpc) is 2.59. The fourth-order valence-electron chi connectivity index (χ4n) is 2.64. The lowest BCUT2D eigenvalue weighted by molar-refractivity contribution is -0.421. The average molecular weight is 364 g/mol. The molecule has 0 aromatic heterocycles. The Morgan fingerprint density at radius 1 is 1.15 bits per heavy atom. The van der Waals surface area contributed by atoms with Gasteiger partial charge in [0.2, 0.25) is 5.75 Å². The summed E-state index contributed by atoms with van der Waals surface area (Å²) in [7, 11) is 0. The number of ether oxygens (including phenoxy) is 1. The highest BCUT2D eigenvalue weighted by Crippen LogP contribution is 2.27. The highest BCUT2D eigenvalue weighted by atomic mass is 16.6. The zero-order valence-electron chi connectivity index (χ0n) is 15.1. The van der Waals surface area contributed by atoms with Crippen LogP contribution in [0.4, 0.5) is 5.69 Å². The molecule has 0 heterocycles. The molecule has 1 unspecified atom stereocenters.